The van der Waals surface area contributed by atoms with E-state index in [1.165, 1.54) is 6.92 Å². The lowest BCUT2D eigenvalue weighted by Gasteiger charge is -2.21. The molecule has 142 valence electrons. The Morgan fingerprint density at radius 1 is 1.07 bits per heavy atom. The molecule has 0 spiro atoms. The molecule has 1 aliphatic rings. The van der Waals surface area contributed by atoms with Crippen molar-refractivity contribution in [2.75, 3.05) is 13.3 Å². The second-order valence-corrected chi connectivity index (χ2v) is 6.72. The van der Waals surface area contributed by atoms with Crippen molar-refractivity contribution in [1.82, 2.24) is 10.2 Å². The third-order valence-electron chi connectivity index (χ3n) is 4.27. The smallest absolute Gasteiger partial charge is 0.231 e. The molecule has 6 nitrogen and oxygen atoms in total. The van der Waals surface area contributed by atoms with Crippen LogP contribution in [0.25, 0.3) is 0 Å². The number of nitrogens with zero attached hydrogens (tertiary/aromatic N) is 1. The highest BCUT2D eigenvalue weighted by molar-refractivity contribution is 6.30. The Hall–Kier alpha value is -2.73. The summed E-state index contributed by atoms with van der Waals surface area (Å²) in [5.41, 5.74) is 1.90. The minimum atomic E-state index is -0.109. The predicted molar refractivity (Wildman–Crippen MR) is 102 cm³/mol. The van der Waals surface area contributed by atoms with Crippen LogP contribution >= 0.6 is 11.6 Å². The number of hydrogen-bond donors (Lipinski definition) is 1. The standard InChI is InChI=1S/C20H21ClN2O4/c1-14(24)23(12-16-4-7-18-19(10-16)27-13-26-18)9-8-20(25)22-11-15-2-5-17(21)6-3-15/h2-7,10H,8-9,11-13H2,1H3,(H,22,25). The molecule has 0 radical (unpaired) electrons. The second-order valence-electron chi connectivity index (χ2n) is 6.28. The highest BCUT2D eigenvalue weighted by atomic mass is 35.5. The van der Waals surface area contributed by atoms with Gasteiger partial charge in [-0.2, -0.15) is 0 Å². The van der Waals surface area contributed by atoms with Gasteiger partial charge >= 0.3 is 0 Å². The van der Waals surface area contributed by atoms with Crippen LogP contribution in [0.5, 0.6) is 11.5 Å². The van der Waals surface area contributed by atoms with Crippen LogP contribution in [0, 0.1) is 0 Å². The summed E-state index contributed by atoms with van der Waals surface area (Å²) >= 11 is 5.85. The monoisotopic (exact) mass is 388 g/mol. The minimum absolute atomic E-state index is 0.0850. The van der Waals surface area contributed by atoms with Crippen LogP contribution in [0.1, 0.15) is 24.5 Å². The average molecular weight is 389 g/mol. The summed E-state index contributed by atoms with van der Waals surface area (Å²) in [4.78, 5) is 25.7. The predicted octanol–water partition coefficient (Wildman–Crippen LogP) is 3.12. The molecule has 0 bridgehead atoms. The van der Waals surface area contributed by atoms with E-state index >= 15 is 0 Å². The van der Waals surface area contributed by atoms with Gasteiger partial charge in [0.25, 0.3) is 0 Å². The maximum absolute atomic E-state index is 12.1. The SMILES string of the molecule is CC(=O)N(CCC(=O)NCc1ccc(Cl)cc1)Cc1ccc2c(c1)OCO2. The number of fused-ring (bicyclic) bond motifs is 1. The van der Waals surface area contributed by atoms with Crippen molar-refractivity contribution in [2.45, 2.75) is 26.4 Å². The molecule has 7 heteroatoms. The molecule has 0 fully saturated rings. The number of amides is 2. The first-order valence-electron chi connectivity index (χ1n) is 8.66. The molecule has 1 aliphatic heterocycles. The highest BCUT2D eigenvalue weighted by Crippen LogP contribution is 2.32. The lowest BCUT2D eigenvalue weighted by Crippen LogP contribution is -2.33. The molecule has 1 N–H and O–H groups in total. The van der Waals surface area contributed by atoms with Gasteiger partial charge in [0.2, 0.25) is 18.6 Å². The molecule has 2 aromatic rings. The lowest BCUT2D eigenvalue weighted by atomic mass is 10.2. The lowest BCUT2D eigenvalue weighted by molar-refractivity contribution is -0.130. The summed E-state index contributed by atoms with van der Waals surface area (Å²) in [6, 6.07) is 12.9. The first-order valence-corrected chi connectivity index (χ1v) is 9.04. The summed E-state index contributed by atoms with van der Waals surface area (Å²) in [5, 5.41) is 3.51. The molecule has 3 rings (SSSR count). The molecule has 2 aromatic carbocycles. The summed E-state index contributed by atoms with van der Waals surface area (Å²) in [6.07, 6.45) is 0.234. The number of rotatable bonds is 7. The van der Waals surface area contributed by atoms with E-state index in [0.29, 0.717) is 36.2 Å². The maximum Gasteiger partial charge on any atom is 0.231 e. The first kappa shape index (κ1) is 19.0. The van der Waals surface area contributed by atoms with Crippen molar-refractivity contribution in [3.8, 4) is 11.5 Å². The van der Waals surface area contributed by atoms with Gasteiger partial charge in [-0.05, 0) is 35.4 Å². The van der Waals surface area contributed by atoms with Gasteiger partial charge < -0.3 is 19.7 Å². The minimum Gasteiger partial charge on any atom is -0.454 e. The topological polar surface area (TPSA) is 67.9 Å². The average Bonchev–Trinajstić information content (AvgIpc) is 3.12. The number of benzene rings is 2. The van der Waals surface area contributed by atoms with E-state index in [-0.39, 0.29) is 25.0 Å². The Kier molecular flexibility index (Phi) is 6.19. The van der Waals surface area contributed by atoms with Gasteiger partial charge in [-0.1, -0.05) is 29.8 Å². The Morgan fingerprint density at radius 2 is 1.78 bits per heavy atom. The molecule has 0 aromatic heterocycles. The van der Waals surface area contributed by atoms with Gasteiger partial charge in [-0.15, -0.1) is 0 Å². The van der Waals surface area contributed by atoms with E-state index in [0.717, 1.165) is 11.1 Å². The van der Waals surface area contributed by atoms with Gasteiger partial charge in [0.15, 0.2) is 11.5 Å². The number of halogens is 1. The Balaban J connectivity index is 1.49. The van der Waals surface area contributed by atoms with Crippen molar-refractivity contribution >= 4 is 23.4 Å². The molecule has 27 heavy (non-hydrogen) atoms. The molecule has 0 unspecified atom stereocenters. The zero-order valence-corrected chi connectivity index (χ0v) is 15.8. The van der Waals surface area contributed by atoms with Crippen molar-refractivity contribution in [3.05, 3.63) is 58.6 Å². The number of nitrogens with one attached hydrogen (secondary N) is 1. The van der Waals surface area contributed by atoms with Crippen molar-refractivity contribution in [2.24, 2.45) is 0 Å². The van der Waals surface area contributed by atoms with Gasteiger partial charge in [0.05, 0.1) is 0 Å². The second kappa shape index (κ2) is 8.77. The van der Waals surface area contributed by atoms with E-state index in [1.54, 1.807) is 17.0 Å². The van der Waals surface area contributed by atoms with Crippen LogP contribution < -0.4 is 14.8 Å². The fourth-order valence-electron chi connectivity index (χ4n) is 2.74. The molecular weight excluding hydrogens is 368 g/mol. The molecular formula is C20H21ClN2O4. The Bertz CT molecular complexity index is 823. The molecule has 0 saturated carbocycles. The van der Waals surface area contributed by atoms with E-state index in [2.05, 4.69) is 5.32 Å². The van der Waals surface area contributed by atoms with Gasteiger partial charge in [0.1, 0.15) is 0 Å². The Labute approximate surface area is 163 Å². The van der Waals surface area contributed by atoms with Crippen molar-refractivity contribution in [3.63, 3.8) is 0 Å². The van der Waals surface area contributed by atoms with E-state index in [1.807, 2.05) is 30.3 Å². The maximum atomic E-state index is 12.1. The van der Waals surface area contributed by atoms with E-state index in [9.17, 15) is 9.59 Å². The van der Waals surface area contributed by atoms with Crippen LogP contribution in [0.2, 0.25) is 5.02 Å². The van der Waals surface area contributed by atoms with E-state index < -0.39 is 0 Å². The summed E-state index contributed by atoms with van der Waals surface area (Å²) in [7, 11) is 0. The summed E-state index contributed by atoms with van der Waals surface area (Å²) in [5.74, 6) is 1.19. The molecule has 0 saturated heterocycles. The number of carbonyl (C=O) groups excluding carboxylic acids is 2. The largest absolute Gasteiger partial charge is 0.454 e. The van der Waals surface area contributed by atoms with Gasteiger partial charge in [-0.25, -0.2) is 0 Å². The number of hydrogen-bond acceptors (Lipinski definition) is 4. The summed E-state index contributed by atoms with van der Waals surface area (Å²) < 4.78 is 10.7. The van der Waals surface area contributed by atoms with Gasteiger partial charge in [0, 0.05) is 38.0 Å². The fraction of sp³-hybridized carbons (Fsp3) is 0.300. The molecule has 0 aliphatic carbocycles. The van der Waals surface area contributed by atoms with E-state index in [4.69, 9.17) is 21.1 Å². The quantitative estimate of drug-likeness (QED) is 0.791. The first-order chi connectivity index (χ1) is 13.0. The zero-order chi connectivity index (χ0) is 19.2. The third-order valence-corrected chi connectivity index (χ3v) is 4.52. The molecule has 2 amide bonds. The third kappa shape index (κ3) is 5.37. The fourth-order valence-corrected chi connectivity index (χ4v) is 2.86. The Morgan fingerprint density at radius 3 is 2.52 bits per heavy atom. The zero-order valence-electron chi connectivity index (χ0n) is 15.0. The van der Waals surface area contributed by atoms with Crippen LogP contribution in [0.4, 0.5) is 0 Å². The van der Waals surface area contributed by atoms with Crippen LogP contribution in [0.3, 0.4) is 0 Å². The molecule has 0 atom stereocenters. The van der Waals surface area contributed by atoms with Gasteiger partial charge in [-0.3, -0.25) is 9.59 Å². The van der Waals surface area contributed by atoms with Crippen LogP contribution in [0.15, 0.2) is 42.5 Å². The highest BCUT2D eigenvalue weighted by Gasteiger charge is 2.16. The van der Waals surface area contributed by atoms with Crippen LogP contribution in [-0.4, -0.2) is 30.1 Å². The van der Waals surface area contributed by atoms with Crippen molar-refractivity contribution < 1.29 is 19.1 Å². The number of ether oxygens (including phenoxy) is 2. The number of carbonyl (C=O) groups is 2. The normalized spacial score (nSPS) is 11.9. The molecule has 1 heterocycles. The van der Waals surface area contributed by atoms with Crippen molar-refractivity contribution in [1.29, 1.82) is 0 Å². The van der Waals surface area contributed by atoms with Crippen LogP contribution in [-0.2, 0) is 22.7 Å². The summed E-state index contributed by atoms with van der Waals surface area (Å²) in [6.45, 7) is 2.90.